The maximum Gasteiger partial charge on any atom is 0.311 e. The number of nitrogens with zero attached hydrogens (tertiary/aromatic N) is 1. The summed E-state index contributed by atoms with van der Waals surface area (Å²) in [6.07, 6.45) is 1.22. The van der Waals surface area contributed by atoms with Crippen LogP contribution in [-0.4, -0.2) is 22.6 Å². The van der Waals surface area contributed by atoms with Crippen LogP contribution in [0.5, 0.6) is 0 Å². The van der Waals surface area contributed by atoms with Crippen molar-refractivity contribution >= 4 is 38.4 Å². The number of carboxylic acids is 1. The van der Waals surface area contributed by atoms with Gasteiger partial charge in [0.15, 0.2) is 5.13 Å². The van der Waals surface area contributed by atoms with Gasteiger partial charge in [-0.15, -0.1) is 11.3 Å². The molecule has 0 saturated heterocycles. The highest BCUT2D eigenvalue weighted by atomic mass is 79.9. The van der Waals surface area contributed by atoms with E-state index in [-0.39, 0.29) is 0 Å². The van der Waals surface area contributed by atoms with Gasteiger partial charge in [0.2, 0.25) is 0 Å². The third kappa shape index (κ3) is 2.95. The lowest BCUT2D eigenvalue weighted by molar-refractivity contribution is -0.148. The quantitative estimate of drug-likeness (QED) is 0.847. The highest BCUT2D eigenvalue weighted by Gasteiger charge is 2.34. The van der Waals surface area contributed by atoms with Gasteiger partial charge in [0.1, 0.15) is 4.60 Å². The predicted octanol–water partition coefficient (Wildman–Crippen LogP) is 3.21. The van der Waals surface area contributed by atoms with E-state index in [4.69, 9.17) is 0 Å². The van der Waals surface area contributed by atoms with Crippen LogP contribution in [-0.2, 0) is 4.79 Å². The molecule has 0 saturated carbocycles. The number of aliphatic carboxylic acids is 1. The Morgan fingerprint density at radius 2 is 2.25 bits per heavy atom. The lowest BCUT2D eigenvalue weighted by Gasteiger charge is -2.26. The average molecular weight is 307 g/mol. The predicted molar refractivity (Wildman–Crippen MR) is 69.0 cm³/mol. The molecule has 1 aromatic heterocycles. The molecule has 0 radical (unpaired) electrons. The SMILES string of the molecule is CCC(CC)(CNc1nc(Br)cs1)C(=O)O. The van der Waals surface area contributed by atoms with Crippen molar-refractivity contribution in [3.63, 3.8) is 0 Å². The van der Waals surface area contributed by atoms with Crippen LogP contribution in [0.1, 0.15) is 26.7 Å². The zero-order valence-electron chi connectivity index (χ0n) is 9.29. The first-order valence-corrected chi connectivity index (χ1v) is 6.79. The van der Waals surface area contributed by atoms with Crippen molar-refractivity contribution in [3.8, 4) is 0 Å². The van der Waals surface area contributed by atoms with Crippen LogP contribution in [0.2, 0.25) is 0 Å². The fraction of sp³-hybridized carbons (Fsp3) is 0.600. The van der Waals surface area contributed by atoms with Crippen molar-refractivity contribution in [2.24, 2.45) is 5.41 Å². The van der Waals surface area contributed by atoms with E-state index in [1.165, 1.54) is 11.3 Å². The fourth-order valence-electron chi connectivity index (χ4n) is 1.46. The maximum absolute atomic E-state index is 11.2. The Morgan fingerprint density at radius 1 is 1.62 bits per heavy atom. The molecule has 16 heavy (non-hydrogen) atoms. The van der Waals surface area contributed by atoms with Crippen LogP contribution in [0.4, 0.5) is 5.13 Å². The second-order valence-electron chi connectivity index (χ2n) is 3.62. The summed E-state index contributed by atoms with van der Waals surface area (Å²) in [6, 6.07) is 0. The number of hydrogen-bond donors (Lipinski definition) is 2. The molecular formula is C10H15BrN2O2S. The number of halogens is 1. The topological polar surface area (TPSA) is 62.2 Å². The van der Waals surface area contributed by atoms with Crippen LogP contribution in [0, 0.1) is 5.41 Å². The van der Waals surface area contributed by atoms with Gasteiger partial charge < -0.3 is 10.4 Å². The molecular weight excluding hydrogens is 292 g/mol. The fourth-order valence-corrected chi connectivity index (χ4v) is 2.60. The van der Waals surface area contributed by atoms with Crippen LogP contribution in [0.15, 0.2) is 9.98 Å². The highest BCUT2D eigenvalue weighted by Crippen LogP contribution is 2.28. The molecule has 1 heterocycles. The first-order valence-electron chi connectivity index (χ1n) is 5.12. The molecule has 0 aliphatic rings. The molecule has 0 fully saturated rings. The molecule has 1 rings (SSSR count). The molecule has 90 valence electrons. The summed E-state index contributed by atoms with van der Waals surface area (Å²) >= 11 is 4.72. The number of rotatable bonds is 6. The zero-order chi connectivity index (χ0) is 12.2. The van der Waals surface area contributed by atoms with Crippen molar-refractivity contribution < 1.29 is 9.90 Å². The lowest BCUT2D eigenvalue weighted by atomic mass is 9.82. The summed E-state index contributed by atoms with van der Waals surface area (Å²) in [6.45, 7) is 4.21. The first-order chi connectivity index (χ1) is 7.54. The maximum atomic E-state index is 11.2. The van der Waals surface area contributed by atoms with E-state index in [9.17, 15) is 9.90 Å². The molecule has 4 nitrogen and oxygen atoms in total. The number of hydrogen-bond acceptors (Lipinski definition) is 4. The summed E-state index contributed by atoms with van der Waals surface area (Å²) in [5, 5.41) is 14.9. The van der Waals surface area contributed by atoms with E-state index < -0.39 is 11.4 Å². The minimum absolute atomic E-state index is 0.412. The highest BCUT2D eigenvalue weighted by molar-refractivity contribution is 9.10. The van der Waals surface area contributed by atoms with E-state index in [1.807, 2.05) is 19.2 Å². The van der Waals surface area contributed by atoms with E-state index >= 15 is 0 Å². The van der Waals surface area contributed by atoms with Gasteiger partial charge >= 0.3 is 5.97 Å². The Balaban J connectivity index is 2.67. The van der Waals surface area contributed by atoms with Gasteiger partial charge in [-0.1, -0.05) is 13.8 Å². The molecule has 0 aliphatic carbocycles. The molecule has 0 spiro atoms. The average Bonchev–Trinajstić information content (AvgIpc) is 2.66. The van der Waals surface area contributed by atoms with Gasteiger partial charge in [0.05, 0.1) is 5.41 Å². The molecule has 0 atom stereocenters. The number of carbonyl (C=O) groups is 1. The van der Waals surface area contributed by atoms with Crippen molar-refractivity contribution in [1.82, 2.24) is 4.98 Å². The van der Waals surface area contributed by atoms with Crippen molar-refractivity contribution in [1.29, 1.82) is 0 Å². The minimum atomic E-state index is -0.749. The van der Waals surface area contributed by atoms with Gasteiger partial charge in [-0.3, -0.25) is 4.79 Å². The zero-order valence-corrected chi connectivity index (χ0v) is 11.7. The Bertz CT molecular complexity index is 363. The largest absolute Gasteiger partial charge is 0.481 e. The molecule has 2 N–H and O–H groups in total. The normalized spacial score (nSPS) is 11.4. The van der Waals surface area contributed by atoms with E-state index in [1.54, 1.807) is 0 Å². The third-order valence-electron chi connectivity index (χ3n) is 2.86. The minimum Gasteiger partial charge on any atom is -0.481 e. The summed E-state index contributed by atoms with van der Waals surface area (Å²) in [7, 11) is 0. The number of anilines is 1. The van der Waals surface area contributed by atoms with Crippen molar-refractivity contribution in [3.05, 3.63) is 9.98 Å². The number of aromatic nitrogens is 1. The number of carboxylic acid groups (broad SMARTS) is 1. The molecule has 0 aromatic carbocycles. The molecule has 6 heteroatoms. The number of nitrogens with one attached hydrogen (secondary N) is 1. The van der Waals surface area contributed by atoms with Crippen LogP contribution < -0.4 is 5.32 Å². The summed E-state index contributed by atoms with van der Waals surface area (Å²) in [5.74, 6) is -0.749. The molecule has 0 unspecified atom stereocenters. The standard InChI is InChI=1S/C10H15BrN2O2S/c1-3-10(4-2,8(14)15)6-12-9-13-7(11)5-16-9/h5H,3-4,6H2,1-2H3,(H,12,13)(H,14,15). The van der Waals surface area contributed by atoms with Gasteiger partial charge in [0, 0.05) is 11.9 Å². The van der Waals surface area contributed by atoms with E-state index in [0.717, 1.165) is 9.73 Å². The van der Waals surface area contributed by atoms with Crippen molar-refractivity contribution in [2.45, 2.75) is 26.7 Å². The van der Waals surface area contributed by atoms with Crippen LogP contribution >= 0.6 is 27.3 Å². The second-order valence-corrected chi connectivity index (χ2v) is 5.29. The smallest absolute Gasteiger partial charge is 0.311 e. The summed E-state index contributed by atoms with van der Waals surface area (Å²) in [5.41, 5.74) is -0.696. The van der Waals surface area contributed by atoms with Crippen LogP contribution in [0.25, 0.3) is 0 Å². The molecule has 0 amide bonds. The van der Waals surface area contributed by atoms with Crippen molar-refractivity contribution in [2.75, 3.05) is 11.9 Å². The third-order valence-corrected chi connectivity index (χ3v) is 4.37. The first kappa shape index (κ1) is 13.4. The summed E-state index contributed by atoms with van der Waals surface area (Å²) in [4.78, 5) is 15.4. The van der Waals surface area contributed by atoms with E-state index in [2.05, 4.69) is 26.2 Å². The van der Waals surface area contributed by atoms with Gasteiger partial charge in [-0.2, -0.15) is 0 Å². The van der Waals surface area contributed by atoms with Gasteiger partial charge in [-0.25, -0.2) is 4.98 Å². The summed E-state index contributed by atoms with van der Waals surface area (Å²) < 4.78 is 0.772. The Morgan fingerprint density at radius 3 is 2.62 bits per heavy atom. The van der Waals surface area contributed by atoms with Gasteiger partial charge in [0.25, 0.3) is 0 Å². The van der Waals surface area contributed by atoms with E-state index in [0.29, 0.717) is 19.4 Å². The van der Waals surface area contributed by atoms with Crippen LogP contribution in [0.3, 0.4) is 0 Å². The number of thiazole rings is 1. The molecule has 0 bridgehead atoms. The molecule has 1 aromatic rings. The lowest BCUT2D eigenvalue weighted by Crippen LogP contribution is -2.36. The Labute approximate surface area is 107 Å². The molecule has 0 aliphatic heterocycles. The Hall–Kier alpha value is -0.620. The second kappa shape index (κ2) is 5.63. The Kier molecular flexibility index (Phi) is 4.73. The van der Waals surface area contributed by atoms with Gasteiger partial charge in [-0.05, 0) is 28.8 Å². The monoisotopic (exact) mass is 306 g/mol.